The summed E-state index contributed by atoms with van der Waals surface area (Å²) in [6, 6.07) is 6.09. The second-order valence-corrected chi connectivity index (χ2v) is 3.54. The van der Waals surface area contributed by atoms with Crippen LogP contribution in [0, 0.1) is 6.92 Å². The molecule has 15 heavy (non-hydrogen) atoms. The summed E-state index contributed by atoms with van der Waals surface area (Å²) in [4.78, 5) is 0. The van der Waals surface area contributed by atoms with Gasteiger partial charge < -0.3 is 10.5 Å². The number of rotatable bonds is 3. The van der Waals surface area contributed by atoms with E-state index in [1.165, 1.54) is 5.56 Å². The number of para-hydroxylation sites is 1. The summed E-state index contributed by atoms with van der Waals surface area (Å²) >= 11 is 0. The average Bonchev–Trinajstić information content (AvgIpc) is 2.54. The summed E-state index contributed by atoms with van der Waals surface area (Å²) < 4.78 is 7.33. The number of aryl methyl sites for hydroxylation is 2. The van der Waals surface area contributed by atoms with E-state index in [4.69, 9.17) is 10.5 Å². The lowest BCUT2D eigenvalue weighted by molar-refractivity contribution is 0.315. The van der Waals surface area contributed by atoms with Gasteiger partial charge in [-0.2, -0.15) is 0 Å². The van der Waals surface area contributed by atoms with Crippen LogP contribution in [0.5, 0.6) is 5.88 Å². The van der Waals surface area contributed by atoms with Crippen LogP contribution in [0.3, 0.4) is 0 Å². The number of nitrogens with two attached hydrogens (primary N) is 1. The quantitative estimate of drug-likeness (QED) is 0.819. The van der Waals surface area contributed by atoms with Crippen LogP contribution in [0.25, 0.3) is 10.9 Å². The highest BCUT2D eigenvalue weighted by molar-refractivity contribution is 5.87. The molecule has 0 saturated carbocycles. The maximum Gasteiger partial charge on any atom is 0.240 e. The van der Waals surface area contributed by atoms with Gasteiger partial charge in [-0.25, -0.2) is 0 Å². The number of fused-ring (bicyclic) bond motifs is 1. The van der Waals surface area contributed by atoms with Gasteiger partial charge in [0, 0.05) is 13.6 Å². The van der Waals surface area contributed by atoms with Crippen molar-refractivity contribution in [2.45, 2.75) is 6.92 Å². The Morgan fingerprint density at radius 2 is 2.27 bits per heavy atom. The number of aromatic nitrogens is 2. The minimum absolute atomic E-state index is 0.500. The van der Waals surface area contributed by atoms with Crippen LogP contribution in [0.2, 0.25) is 0 Å². The molecule has 1 heterocycles. The van der Waals surface area contributed by atoms with Crippen LogP contribution in [-0.4, -0.2) is 22.9 Å². The number of ether oxygens (including phenoxy) is 1. The highest BCUT2D eigenvalue weighted by atomic mass is 16.5. The van der Waals surface area contributed by atoms with Crippen molar-refractivity contribution in [1.29, 1.82) is 0 Å². The average molecular weight is 205 g/mol. The number of hydrogen-bond acceptors (Lipinski definition) is 3. The maximum atomic E-state index is 5.49. The van der Waals surface area contributed by atoms with E-state index in [1.54, 1.807) is 0 Å². The van der Waals surface area contributed by atoms with E-state index >= 15 is 0 Å². The number of benzene rings is 1. The van der Waals surface area contributed by atoms with Crippen LogP contribution < -0.4 is 10.5 Å². The fraction of sp³-hybridized carbons (Fsp3) is 0.364. The fourth-order valence-electron chi connectivity index (χ4n) is 1.76. The molecule has 0 spiro atoms. The van der Waals surface area contributed by atoms with Gasteiger partial charge in [-0.15, -0.1) is 5.10 Å². The first-order valence-electron chi connectivity index (χ1n) is 4.99. The zero-order valence-corrected chi connectivity index (χ0v) is 9.03. The molecule has 0 fully saturated rings. The van der Waals surface area contributed by atoms with Gasteiger partial charge >= 0.3 is 0 Å². The van der Waals surface area contributed by atoms with E-state index in [9.17, 15) is 0 Å². The van der Waals surface area contributed by atoms with E-state index in [0.717, 1.165) is 10.9 Å². The molecule has 2 rings (SSSR count). The van der Waals surface area contributed by atoms with E-state index in [-0.39, 0.29) is 0 Å². The Balaban J connectivity index is 2.53. The molecule has 80 valence electrons. The highest BCUT2D eigenvalue weighted by Gasteiger charge is 2.10. The molecule has 0 radical (unpaired) electrons. The Bertz CT molecular complexity index is 476. The van der Waals surface area contributed by atoms with Gasteiger partial charge in [0.1, 0.15) is 6.61 Å². The van der Waals surface area contributed by atoms with Crippen molar-refractivity contribution >= 4 is 10.9 Å². The van der Waals surface area contributed by atoms with Crippen LogP contribution in [-0.2, 0) is 7.05 Å². The van der Waals surface area contributed by atoms with Gasteiger partial charge in [-0.05, 0) is 18.6 Å². The third kappa shape index (κ3) is 1.68. The molecule has 1 aromatic heterocycles. The van der Waals surface area contributed by atoms with Gasteiger partial charge in [0.25, 0.3) is 0 Å². The third-order valence-corrected chi connectivity index (χ3v) is 2.39. The first kappa shape index (κ1) is 9.98. The number of nitrogens with zero attached hydrogens (tertiary/aromatic N) is 2. The molecule has 4 nitrogen and oxygen atoms in total. The number of hydrogen-bond donors (Lipinski definition) is 1. The Morgan fingerprint density at radius 3 is 3.00 bits per heavy atom. The molecule has 0 aliphatic rings. The molecule has 1 aromatic carbocycles. The molecular formula is C11H15N3O. The van der Waals surface area contributed by atoms with Crippen molar-refractivity contribution in [3.63, 3.8) is 0 Å². The van der Waals surface area contributed by atoms with Gasteiger partial charge in [0.2, 0.25) is 5.88 Å². The summed E-state index contributed by atoms with van der Waals surface area (Å²) in [5.41, 5.74) is 7.71. The Hall–Kier alpha value is -1.55. The first-order chi connectivity index (χ1) is 7.24. The predicted molar refractivity (Wildman–Crippen MR) is 60.0 cm³/mol. The molecule has 0 aliphatic carbocycles. The molecule has 0 atom stereocenters. The standard InChI is InChI=1S/C11H15N3O/c1-8-4-3-5-9-10(8)14(2)13-11(9)15-7-6-12/h3-5H,6-7,12H2,1-2H3. The normalized spacial score (nSPS) is 10.9. The first-order valence-corrected chi connectivity index (χ1v) is 4.99. The van der Waals surface area contributed by atoms with E-state index in [2.05, 4.69) is 18.1 Å². The third-order valence-electron chi connectivity index (χ3n) is 2.39. The minimum Gasteiger partial charge on any atom is -0.475 e. The molecular weight excluding hydrogens is 190 g/mol. The smallest absolute Gasteiger partial charge is 0.240 e. The zero-order chi connectivity index (χ0) is 10.8. The lowest BCUT2D eigenvalue weighted by Gasteiger charge is -2.00. The molecule has 0 saturated heterocycles. The van der Waals surface area contributed by atoms with Gasteiger partial charge in [0.15, 0.2) is 0 Å². The summed E-state index contributed by atoms with van der Waals surface area (Å²) in [5, 5.41) is 5.37. The molecule has 0 bridgehead atoms. The molecule has 0 aliphatic heterocycles. The van der Waals surface area contributed by atoms with Crippen molar-refractivity contribution in [2.75, 3.05) is 13.2 Å². The van der Waals surface area contributed by atoms with Crippen LogP contribution >= 0.6 is 0 Å². The lowest BCUT2D eigenvalue weighted by atomic mass is 10.2. The van der Waals surface area contributed by atoms with E-state index < -0.39 is 0 Å². The molecule has 2 aromatic rings. The molecule has 0 amide bonds. The summed E-state index contributed by atoms with van der Waals surface area (Å²) in [6.07, 6.45) is 0. The van der Waals surface area contributed by atoms with Gasteiger partial charge in [-0.3, -0.25) is 4.68 Å². The van der Waals surface area contributed by atoms with Crippen molar-refractivity contribution in [3.8, 4) is 5.88 Å². The SMILES string of the molecule is Cc1cccc2c(OCCN)nn(C)c12. The summed E-state index contributed by atoms with van der Waals surface area (Å²) in [6.45, 7) is 3.07. The Kier molecular flexibility index (Phi) is 2.60. The summed E-state index contributed by atoms with van der Waals surface area (Å²) in [5.74, 6) is 0.668. The predicted octanol–water partition coefficient (Wildman–Crippen LogP) is 1.22. The van der Waals surface area contributed by atoms with E-state index in [0.29, 0.717) is 19.0 Å². The highest BCUT2D eigenvalue weighted by Crippen LogP contribution is 2.26. The van der Waals surface area contributed by atoms with Crippen LogP contribution in [0.4, 0.5) is 0 Å². The van der Waals surface area contributed by atoms with Gasteiger partial charge in [-0.1, -0.05) is 12.1 Å². The molecule has 4 heteroatoms. The fourth-order valence-corrected chi connectivity index (χ4v) is 1.76. The topological polar surface area (TPSA) is 53.1 Å². The van der Waals surface area contributed by atoms with Crippen molar-refractivity contribution < 1.29 is 4.74 Å². The molecule has 0 unspecified atom stereocenters. The van der Waals surface area contributed by atoms with Crippen molar-refractivity contribution in [2.24, 2.45) is 12.8 Å². The Morgan fingerprint density at radius 1 is 1.47 bits per heavy atom. The van der Waals surface area contributed by atoms with Crippen molar-refractivity contribution in [1.82, 2.24) is 9.78 Å². The van der Waals surface area contributed by atoms with Gasteiger partial charge in [0.05, 0.1) is 10.9 Å². The lowest BCUT2D eigenvalue weighted by Crippen LogP contribution is -2.11. The monoisotopic (exact) mass is 205 g/mol. The van der Waals surface area contributed by atoms with E-state index in [1.807, 2.05) is 23.9 Å². The second kappa shape index (κ2) is 3.90. The molecule has 2 N–H and O–H groups in total. The Labute approximate surface area is 88.6 Å². The minimum atomic E-state index is 0.500. The largest absolute Gasteiger partial charge is 0.475 e. The maximum absolute atomic E-state index is 5.49. The van der Waals surface area contributed by atoms with Crippen LogP contribution in [0.15, 0.2) is 18.2 Å². The zero-order valence-electron chi connectivity index (χ0n) is 9.03. The summed E-state index contributed by atoms with van der Waals surface area (Å²) in [7, 11) is 1.92. The second-order valence-electron chi connectivity index (χ2n) is 3.54. The van der Waals surface area contributed by atoms with Crippen LogP contribution in [0.1, 0.15) is 5.56 Å². The van der Waals surface area contributed by atoms with Crippen molar-refractivity contribution in [3.05, 3.63) is 23.8 Å².